The number of methoxy groups -OCH3 is 1. The first-order valence-corrected chi connectivity index (χ1v) is 19.1. The van der Waals surface area contributed by atoms with Crippen LogP contribution in [0.15, 0.2) is 102 Å². The Morgan fingerprint density at radius 2 is 1.69 bits per heavy atom. The number of carbonyl (C=O) groups excluding carboxylic acids is 2. The Balaban J connectivity index is 1.46. The molecule has 0 aliphatic carbocycles. The van der Waals surface area contributed by atoms with Crippen LogP contribution < -0.4 is 15.2 Å². The molecule has 250 valence electrons. The highest BCUT2D eigenvalue weighted by Gasteiger charge is 2.67. The molecule has 9 nitrogen and oxygen atoms in total. The Morgan fingerprint density at radius 1 is 1.00 bits per heavy atom. The molecule has 4 aromatic rings. The van der Waals surface area contributed by atoms with Gasteiger partial charge in [0.1, 0.15) is 0 Å². The first-order valence-electron chi connectivity index (χ1n) is 16.1. The fourth-order valence-electron chi connectivity index (χ4n) is 7.49. The highest BCUT2D eigenvalue weighted by atomic mass is 28.4. The summed E-state index contributed by atoms with van der Waals surface area (Å²) in [4.78, 5) is 45.2. The molecule has 2 aliphatic heterocycles. The van der Waals surface area contributed by atoms with E-state index in [1.807, 2.05) is 67.6 Å². The average Bonchev–Trinajstić information content (AvgIpc) is 3.51. The fraction of sp³-hybridized carbons (Fsp3) is 0.324. The van der Waals surface area contributed by atoms with Crippen LogP contribution >= 0.6 is 0 Å². The van der Waals surface area contributed by atoms with Crippen molar-refractivity contribution in [3.63, 3.8) is 0 Å². The SMILES string of the molecule is COc1cccn(-c2ccc3c(c2)[C@@]2(O[C@H](CC(=O)N(CCO)Cc4ccccc4)[C@@H]([Si](C)(C)F)[C@@H]2C)C(=O)N3c2ccccc2)c1=O. The highest BCUT2D eigenvalue weighted by Crippen LogP contribution is 2.61. The molecule has 1 aromatic heterocycles. The Kier molecular flexibility index (Phi) is 9.12. The summed E-state index contributed by atoms with van der Waals surface area (Å²) in [5, 5.41) is 9.81. The van der Waals surface area contributed by atoms with Gasteiger partial charge >= 0.3 is 0 Å². The van der Waals surface area contributed by atoms with Gasteiger partial charge in [-0.05, 0) is 61.1 Å². The van der Waals surface area contributed by atoms with Gasteiger partial charge in [0, 0.05) is 47.7 Å². The van der Waals surface area contributed by atoms with Crippen LogP contribution in [-0.2, 0) is 26.5 Å². The Morgan fingerprint density at radius 3 is 2.33 bits per heavy atom. The monoisotopic (exact) mass is 669 g/mol. The molecule has 3 aromatic carbocycles. The minimum absolute atomic E-state index is 0.102. The van der Waals surface area contributed by atoms with E-state index in [1.54, 1.807) is 59.4 Å². The molecule has 0 radical (unpaired) electrons. The van der Waals surface area contributed by atoms with Gasteiger partial charge in [-0.2, -0.15) is 0 Å². The van der Waals surface area contributed by atoms with Gasteiger partial charge in [-0.25, -0.2) is 0 Å². The number of rotatable bonds is 10. The second-order valence-electron chi connectivity index (χ2n) is 12.9. The smallest absolute Gasteiger partial charge is 0.297 e. The lowest BCUT2D eigenvalue weighted by molar-refractivity contribution is -0.149. The van der Waals surface area contributed by atoms with Crippen molar-refractivity contribution in [2.75, 3.05) is 25.2 Å². The van der Waals surface area contributed by atoms with Crippen LogP contribution in [-0.4, -0.2) is 61.2 Å². The standard InChI is InChI=1S/C37H40FN3O6Si/c1-25-34(48(3,4)38)32(23-33(43)39(20-21-42)24-26-12-7-5-8-13-26)47-37(25)29-22-28(40-19-11-16-31(46-2)35(40)44)17-18-30(29)41(36(37)45)27-14-9-6-10-15-27/h5-19,22,25,32,34,42H,20-21,23-24H2,1-4H3/t25-,32+,34-,37+/m0/s1. The number of amides is 2. The van der Waals surface area contributed by atoms with E-state index in [9.17, 15) is 19.5 Å². The number of ether oxygens (including phenoxy) is 2. The summed E-state index contributed by atoms with van der Waals surface area (Å²) >= 11 is 0. The number of anilines is 2. The van der Waals surface area contributed by atoms with E-state index in [4.69, 9.17) is 9.47 Å². The predicted molar refractivity (Wildman–Crippen MR) is 184 cm³/mol. The Hall–Kier alpha value is -4.58. The molecule has 6 rings (SSSR count). The molecule has 4 atom stereocenters. The zero-order chi connectivity index (χ0) is 34.2. The topological polar surface area (TPSA) is 101 Å². The second-order valence-corrected chi connectivity index (χ2v) is 16.7. The molecule has 2 aliphatic rings. The number of aromatic nitrogens is 1. The van der Waals surface area contributed by atoms with E-state index in [1.165, 1.54) is 11.7 Å². The molecule has 1 saturated heterocycles. The first-order chi connectivity index (χ1) is 23.0. The molecule has 1 fully saturated rings. The predicted octanol–water partition coefficient (Wildman–Crippen LogP) is 5.71. The molecule has 0 unspecified atom stereocenters. The summed E-state index contributed by atoms with van der Waals surface area (Å²) in [6.07, 6.45) is 0.549. The molecule has 48 heavy (non-hydrogen) atoms. The summed E-state index contributed by atoms with van der Waals surface area (Å²) in [5.41, 5.74) is 0.347. The zero-order valence-corrected chi connectivity index (χ0v) is 28.5. The lowest BCUT2D eigenvalue weighted by Crippen LogP contribution is -2.44. The van der Waals surface area contributed by atoms with E-state index in [2.05, 4.69) is 0 Å². The van der Waals surface area contributed by atoms with E-state index in [0.717, 1.165) is 5.56 Å². The second kappa shape index (κ2) is 13.1. The molecule has 1 spiro atoms. The summed E-state index contributed by atoms with van der Waals surface area (Å²) in [5.74, 6) is -1.17. The molecular formula is C37H40FN3O6Si. The summed E-state index contributed by atoms with van der Waals surface area (Å²) in [7, 11) is -2.15. The van der Waals surface area contributed by atoms with E-state index in [-0.39, 0.29) is 49.2 Å². The number of nitrogens with zero attached hydrogens (tertiary/aromatic N) is 3. The van der Waals surface area contributed by atoms with Crippen molar-refractivity contribution in [3.05, 3.63) is 119 Å². The Bertz CT molecular complexity index is 1860. The summed E-state index contributed by atoms with van der Waals surface area (Å²) in [6, 6.07) is 27.2. The van der Waals surface area contributed by atoms with Crippen LogP contribution in [0.2, 0.25) is 18.6 Å². The van der Waals surface area contributed by atoms with Crippen molar-refractivity contribution < 1.29 is 28.3 Å². The third-order valence-electron chi connectivity index (χ3n) is 9.59. The number of fused-ring (bicyclic) bond motifs is 2. The van der Waals surface area contributed by atoms with Crippen LogP contribution in [0.1, 0.15) is 24.5 Å². The van der Waals surface area contributed by atoms with Gasteiger partial charge in [0.05, 0.1) is 31.9 Å². The number of halogens is 1. The van der Waals surface area contributed by atoms with Crippen LogP contribution in [0.4, 0.5) is 15.5 Å². The first kappa shape index (κ1) is 33.3. The third kappa shape index (κ3) is 5.76. The van der Waals surface area contributed by atoms with E-state index in [0.29, 0.717) is 22.6 Å². The highest BCUT2D eigenvalue weighted by molar-refractivity contribution is 6.72. The van der Waals surface area contributed by atoms with E-state index < -0.39 is 31.6 Å². The average molecular weight is 670 g/mol. The van der Waals surface area contributed by atoms with Crippen LogP contribution in [0.25, 0.3) is 5.69 Å². The number of aliphatic hydroxyl groups is 1. The molecule has 1 N–H and O–H groups in total. The molecule has 11 heteroatoms. The number of benzene rings is 3. The van der Waals surface area contributed by atoms with Crippen LogP contribution in [0, 0.1) is 5.92 Å². The Labute approximate surface area is 280 Å². The van der Waals surface area contributed by atoms with Crippen molar-refractivity contribution in [1.82, 2.24) is 9.47 Å². The lowest BCUT2D eigenvalue weighted by atomic mass is 9.82. The maximum atomic E-state index is 16.5. The number of pyridine rings is 1. The van der Waals surface area contributed by atoms with E-state index >= 15 is 4.11 Å². The molecule has 0 saturated carbocycles. The minimum atomic E-state index is -3.58. The van der Waals surface area contributed by atoms with Crippen molar-refractivity contribution in [3.8, 4) is 11.4 Å². The van der Waals surface area contributed by atoms with Crippen molar-refractivity contribution >= 4 is 31.6 Å². The number of carbonyl (C=O) groups is 2. The van der Waals surface area contributed by atoms with Gasteiger partial charge in [-0.15, -0.1) is 0 Å². The molecular weight excluding hydrogens is 630 g/mol. The van der Waals surface area contributed by atoms with Crippen LogP contribution in [0.3, 0.4) is 0 Å². The number of hydrogen-bond acceptors (Lipinski definition) is 6. The van der Waals surface area contributed by atoms with Crippen molar-refractivity contribution in [2.24, 2.45) is 5.92 Å². The van der Waals surface area contributed by atoms with Crippen molar-refractivity contribution in [2.45, 2.75) is 50.2 Å². The lowest BCUT2D eigenvalue weighted by Gasteiger charge is -2.31. The number of aliphatic hydroxyl groups excluding tert-OH is 1. The number of hydrogen-bond donors (Lipinski definition) is 1. The third-order valence-corrected chi connectivity index (χ3v) is 12.0. The quantitative estimate of drug-likeness (QED) is 0.172. The van der Waals surface area contributed by atoms with Gasteiger partial charge in [-0.3, -0.25) is 23.9 Å². The van der Waals surface area contributed by atoms with Crippen LogP contribution in [0.5, 0.6) is 5.75 Å². The normalized spacial score (nSPS) is 21.8. The van der Waals surface area contributed by atoms with Gasteiger partial charge in [0.25, 0.3) is 11.5 Å². The van der Waals surface area contributed by atoms with Gasteiger partial charge < -0.3 is 23.6 Å². The van der Waals surface area contributed by atoms with Gasteiger partial charge in [0.15, 0.2) is 11.4 Å². The van der Waals surface area contributed by atoms with Gasteiger partial charge in [0.2, 0.25) is 14.3 Å². The summed E-state index contributed by atoms with van der Waals surface area (Å²) < 4.78 is 30.0. The number of para-hydroxylation sites is 1. The molecule has 2 amide bonds. The minimum Gasteiger partial charge on any atom is -0.491 e. The van der Waals surface area contributed by atoms with Crippen molar-refractivity contribution in [1.29, 1.82) is 0 Å². The fourth-order valence-corrected chi connectivity index (χ4v) is 9.99. The maximum Gasteiger partial charge on any atom is 0.297 e. The zero-order valence-electron chi connectivity index (χ0n) is 27.5. The molecule has 3 heterocycles. The van der Waals surface area contributed by atoms with Gasteiger partial charge in [-0.1, -0.05) is 55.5 Å². The summed E-state index contributed by atoms with van der Waals surface area (Å²) in [6.45, 7) is 5.15. The maximum absolute atomic E-state index is 16.5. The molecule has 0 bridgehead atoms. The largest absolute Gasteiger partial charge is 0.491 e.